The van der Waals surface area contributed by atoms with Crippen molar-refractivity contribution in [3.05, 3.63) is 29.3 Å². The molecular formula is C15H23NO2. The Kier molecular flexibility index (Phi) is 5.02. The van der Waals surface area contributed by atoms with Crippen molar-refractivity contribution in [2.75, 3.05) is 20.8 Å². The van der Waals surface area contributed by atoms with Crippen LogP contribution < -0.4 is 10.1 Å². The van der Waals surface area contributed by atoms with Crippen LogP contribution in [0.1, 0.15) is 30.4 Å². The highest BCUT2D eigenvalue weighted by molar-refractivity contribution is 5.37. The molecule has 0 aromatic heterocycles. The maximum absolute atomic E-state index is 5.35. The van der Waals surface area contributed by atoms with Gasteiger partial charge >= 0.3 is 0 Å². The smallest absolute Gasteiger partial charge is 0.124 e. The Labute approximate surface area is 109 Å². The lowest BCUT2D eigenvalue weighted by Crippen LogP contribution is -2.35. The number of methoxy groups -OCH3 is 2. The molecule has 18 heavy (non-hydrogen) atoms. The maximum Gasteiger partial charge on any atom is 0.124 e. The standard InChI is InChI=1S/C15H23NO2/c1-17-11-13-9-12(6-7-15(13)18-2)10-14-5-3-4-8-16-14/h6-7,9,14,16H,3-5,8,10-11H2,1-2H3. The zero-order valence-corrected chi connectivity index (χ0v) is 11.4. The van der Waals surface area contributed by atoms with Crippen molar-refractivity contribution in [1.82, 2.24) is 5.32 Å². The molecule has 1 saturated heterocycles. The molecule has 3 heteroatoms. The lowest BCUT2D eigenvalue weighted by atomic mass is 9.96. The third-order valence-electron chi connectivity index (χ3n) is 3.54. The van der Waals surface area contributed by atoms with Gasteiger partial charge in [-0.2, -0.15) is 0 Å². The van der Waals surface area contributed by atoms with Gasteiger partial charge < -0.3 is 14.8 Å². The fourth-order valence-electron chi connectivity index (χ4n) is 2.61. The van der Waals surface area contributed by atoms with Gasteiger partial charge in [-0.05, 0) is 43.5 Å². The molecule has 3 nitrogen and oxygen atoms in total. The van der Waals surface area contributed by atoms with Crippen LogP contribution in [0, 0.1) is 0 Å². The van der Waals surface area contributed by atoms with E-state index in [2.05, 4.69) is 17.4 Å². The van der Waals surface area contributed by atoms with E-state index in [-0.39, 0.29) is 0 Å². The highest BCUT2D eigenvalue weighted by Gasteiger charge is 2.14. The van der Waals surface area contributed by atoms with Crippen LogP contribution in [-0.2, 0) is 17.8 Å². The number of nitrogens with one attached hydrogen (secondary N) is 1. The molecule has 1 aromatic carbocycles. The first-order chi connectivity index (χ1) is 8.83. The van der Waals surface area contributed by atoms with E-state index in [1.807, 2.05) is 6.07 Å². The van der Waals surface area contributed by atoms with Gasteiger partial charge in [0.1, 0.15) is 5.75 Å². The second-order valence-electron chi connectivity index (χ2n) is 4.93. The van der Waals surface area contributed by atoms with Gasteiger partial charge in [0.25, 0.3) is 0 Å². The van der Waals surface area contributed by atoms with Crippen LogP contribution in [0.4, 0.5) is 0 Å². The Morgan fingerprint density at radius 1 is 1.28 bits per heavy atom. The van der Waals surface area contributed by atoms with Gasteiger partial charge in [0, 0.05) is 18.7 Å². The average Bonchev–Trinajstić information content (AvgIpc) is 2.41. The largest absolute Gasteiger partial charge is 0.496 e. The van der Waals surface area contributed by atoms with Crippen LogP contribution in [0.15, 0.2) is 18.2 Å². The number of piperidine rings is 1. The highest BCUT2D eigenvalue weighted by atomic mass is 16.5. The fraction of sp³-hybridized carbons (Fsp3) is 0.600. The van der Waals surface area contributed by atoms with Crippen molar-refractivity contribution < 1.29 is 9.47 Å². The molecule has 1 aliphatic heterocycles. The first-order valence-corrected chi connectivity index (χ1v) is 6.71. The van der Waals surface area contributed by atoms with E-state index in [0.29, 0.717) is 12.6 Å². The molecule has 0 amide bonds. The molecule has 1 atom stereocenters. The monoisotopic (exact) mass is 249 g/mol. The zero-order chi connectivity index (χ0) is 12.8. The van der Waals surface area contributed by atoms with Crippen LogP contribution in [0.3, 0.4) is 0 Å². The molecular weight excluding hydrogens is 226 g/mol. The minimum atomic E-state index is 0.606. The highest BCUT2D eigenvalue weighted by Crippen LogP contribution is 2.22. The van der Waals surface area contributed by atoms with Crippen LogP contribution in [0.25, 0.3) is 0 Å². The molecule has 0 spiro atoms. The number of hydrogen-bond acceptors (Lipinski definition) is 3. The van der Waals surface area contributed by atoms with E-state index < -0.39 is 0 Å². The summed E-state index contributed by atoms with van der Waals surface area (Å²) in [6.07, 6.45) is 5.04. The van der Waals surface area contributed by atoms with Crippen LogP contribution in [-0.4, -0.2) is 26.8 Å². The summed E-state index contributed by atoms with van der Waals surface area (Å²) in [5.74, 6) is 0.914. The SMILES string of the molecule is COCc1cc(CC2CCCCN2)ccc1OC. The predicted octanol–water partition coefficient (Wildman–Crippen LogP) is 2.53. The topological polar surface area (TPSA) is 30.5 Å². The van der Waals surface area contributed by atoms with Crippen molar-refractivity contribution in [1.29, 1.82) is 0 Å². The third-order valence-corrected chi connectivity index (χ3v) is 3.54. The fourth-order valence-corrected chi connectivity index (χ4v) is 2.61. The molecule has 100 valence electrons. The van der Waals surface area contributed by atoms with Gasteiger partial charge in [0.2, 0.25) is 0 Å². The van der Waals surface area contributed by atoms with E-state index in [1.54, 1.807) is 14.2 Å². The summed E-state index contributed by atoms with van der Waals surface area (Å²) in [6.45, 7) is 1.76. The molecule has 1 aromatic rings. The molecule has 1 N–H and O–H groups in total. The average molecular weight is 249 g/mol. The second-order valence-corrected chi connectivity index (χ2v) is 4.93. The summed E-state index contributed by atoms with van der Waals surface area (Å²) >= 11 is 0. The molecule has 1 aliphatic rings. The molecule has 0 bridgehead atoms. The minimum Gasteiger partial charge on any atom is -0.496 e. The summed E-state index contributed by atoms with van der Waals surface area (Å²) in [4.78, 5) is 0. The Balaban J connectivity index is 2.05. The zero-order valence-electron chi connectivity index (χ0n) is 11.4. The first-order valence-electron chi connectivity index (χ1n) is 6.71. The van der Waals surface area contributed by atoms with E-state index >= 15 is 0 Å². The number of benzene rings is 1. The summed E-state index contributed by atoms with van der Waals surface area (Å²) in [5.41, 5.74) is 2.50. The van der Waals surface area contributed by atoms with Crippen molar-refractivity contribution in [3.63, 3.8) is 0 Å². The quantitative estimate of drug-likeness (QED) is 0.870. The van der Waals surface area contributed by atoms with Crippen LogP contribution in [0.2, 0.25) is 0 Å². The van der Waals surface area contributed by atoms with E-state index in [0.717, 1.165) is 24.3 Å². The third kappa shape index (κ3) is 3.47. The Bertz CT molecular complexity index is 373. The summed E-state index contributed by atoms with van der Waals surface area (Å²) in [5, 5.41) is 3.59. The predicted molar refractivity (Wildman–Crippen MR) is 73.1 cm³/mol. The van der Waals surface area contributed by atoms with E-state index in [1.165, 1.54) is 24.8 Å². The lowest BCUT2D eigenvalue weighted by molar-refractivity contribution is 0.181. The van der Waals surface area contributed by atoms with Gasteiger partial charge in [-0.3, -0.25) is 0 Å². The van der Waals surface area contributed by atoms with Crippen molar-refractivity contribution in [3.8, 4) is 5.75 Å². The lowest BCUT2D eigenvalue weighted by Gasteiger charge is -2.23. The molecule has 0 aliphatic carbocycles. The van der Waals surface area contributed by atoms with Crippen LogP contribution >= 0.6 is 0 Å². The summed E-state index contributed by atoms with van der Waals surface area (Å²) in [6, 6.07) is 7.04. The Hall–Kier alpha value is -1.06. The number of ether oxygens (including phenoxy) is 2. The normalized spacial score (nSPS) is 19.8. The first kappa shape index (κ1) is 13.4. The van der Waals surface area contributed by atoms with Gasteiger partial charge in [0.05, 0.1) is 13.7 Å². The number of rotatable bonds is 5. The second kappa shape index (κ2) is 6.76. The van der Waals surface area contributed by atoms with Crippen molar-refractivity contribution in [2.45, 2.75) is 38.3 Å². The Morgan fingerprint density at radius 3 is 2.83 bits per heavy atom. The van der Waals surface area contributed by atoms with Gasteiger partial charge in [0.15, 0.2) is 0 Å². The van der Waals surface area contributed by atoms with E-state index in [9.17, 15) is 0 Å². The molecule has 0 saturated carbocycles. The molecule has 2 rings (SSSR count). The summed E-state index contributed by atoms with van der Waals surface area (Å²) in [7, 11) is 3.42. The van der Waals surface area contributed by atoms with Gasteiger partial charge in [-0.15, -0.1) is 0 Å². The summed E-state index contributed by atoms with van der Waals surface area (Å²) < 4.78 is 10.6. The Morgan fingerprint density at radius 2 is 2.17 bits per heavy atom. The van der Waals surface area contributed by atoms with Crippen molar-refractivity contribution in [2.24, 2.45) is 0 Å². The molecule has 1 unspecified atom stereocenters. The van der Waals surface area contributed by atoms with Gasteiger partial charge in [-0.25, -0.2) is 0 Å². The van der Waals surface area contributed by atoms with Crippen LogP contribution in [0.5, 0.6) is 5.75 Å². The van der Waals surface area contributed by atoms with Crippen molar-refractivity contribution >= 4 is 0 Å². The molecule has 1 fully saturated rings. The maximum atomic E-state index is 5.35. The van der Waals surface area contributed by atoms with Gasteiger partial charge in [-0.1, -0.05) is 12.5 Å². The molecule has 0 radical (unpaired) electrons. The minimum absolute atomic E-state index is 0.606. The van der Waals surface area contributed by atoms with E-state index in [4.69, 9.17) is 9.47 Å². The number of hydrogen-bond donors (Lipinski definition) is 1. The molecule has 1 heterocycles.